The van der Waals surface area contributed by atoms with Gasteiger partial charge < -0.3 is 9.26 Å². The number of amides is 1. The number of rotatable bonds is 7. The highest BCUT2D eigenvalue weighted by Crippen LogP contribution is 2.60. The highest BCUT2D eigenvalue weighted by molar-refractivity contribution is 7.70. The molecule has 0 saturated heterocycles. The van der Waals surface area contributed by atoms with Crippen molar-refractivity contribution in [3.05, 3.63) is 35.0 Å². The number of nitrogens with zero attached hydrogens (tertiary/aromatic N) is 3. The SMILES string of the molecule is CC(C)COc1ncc(N2C(=O)C3(CC3)c3cc4c(NN[SH](=O)=O)noc4cc32)cc1Cl. The van der Waals surface area contributed by atoms with Crippen molar-refractivity contribution in [2.24, 2.45) is 5.92 Å². The van der Waals surface area contributed by atoms with Gasteiger partial charge in [0.15, 0.2) is 11.4 Å². The van der Waals surface area contributed by atoms with E-state index >= 15 is 0 Å². The first-order valence-corrected chi connectivity index (χ1v) is 11.6. The predicted octanol–water partition coefficient (Wildman–Crippen LogP) is 3.06. The fourth-order valence-electron chi connectivity index (χ4n) is 3.92. The second kappa shape index (κ2) is 7.61. The lowest BCUT2D eigenvalue weighted by Gasteiger charge is -2.19. The summed E-state index contributed by atoms with van der Waals surface area (Å²) < 4.78 is 32.7. The lowest BCUT2D eigenvalue weighted by Crippen LogP contribution is -2.28. The van der Waals surface area contributed by atoms with Gasteiger partial charge in [-0.1, -0.05) is 30.6 Å². The minimum absolute atomic E-state index is 0.0582. The Morgan fingerprint density at radius 3 is 2.75 bits per heavy atom. The van der Waals surface area contributed by atoms with Gasteiger partial charge in [0, 0.05) is 6.07 Å². The van der Waals surface area contributed by atoms with E-state index in [0.29, 0.717) is 45.8 Å². The van der Waals surface area contributed by atoms with E-state index in [9.17, 15) is 13.2 Å². The smallest absolute Gasteiger partial charge is 0.242 e. The Kier molecular flexibility index (Phi) is 4.99. The number of benzene rings is 1. The van der Waals surface area contributed by atoms with Crippen LogP contribution in [0.2, 0.25) is 5.02 Å². The molecule has 3 heterocycles. The Bertz CT molecular complexity index is 1310. The molecule has 3 aromatic rings. The van der Waals surface area contributed by atoms with Crippen LogP contribution in [0.5, 0.6) is 5.88 Å². The van der Waals surface area contributed by atoms with Crippen LogP contribution in [0.3, 0.4) is 0 Å². The highest BCUT2D eigenvalue weighted by atomic mass is 35.5. The van der Waals surface area contributed by atoms with Crippen molar-refractivity contribution in [1.82, 2.24) is 15.0 Å². The number of carbonyl (C=O) groups excluding carboxylic acids is 1. The van der Waals surface area contributed by atoms with E-state index < -0.39 is 16.3 Å². The number of carbonyl (C=O) groups is 1. The van der Waals surface area contributed by atoms with Gasteiger partial charge >= 0.3 is 0 Å². The van der Waals surface area contributed by atoms with Gasteiger partial charge in [0.05, 0.1) is 35.0 Å². The van der Waals surface area contributed by atoms with E-state index in [4.69, 9.17) is 20.9 Å². The Balaban J connectivity index is 1.55. The number of halogens is 1. The van der Waals surface area contributed by atoms with Crippen molar-refractivity contribution in [2.45, 2.75) is 32.1 Å². The maximum atomic E-state index is 13.4. The molecule has 1 spiro atoms. The molecule has 0 radical (unpaired) electrons. The Labute approximate surface area is 189 Å². The first-order chi connectivity index (χ1) is 15.3. The minimum Gasteiger partial charge on any atom is -0.476 e. The van der Waals surface area contributed by atoms with Crippen LogP contribution in [0.25, 0.3) is 11.0 Å². The number of thiol groups is 1. The average molecular weight is 478 g/mol. The van der Waals surface area contributed by atoms with E-state index in [0.717, 1.165) is 18.4 Å². The van der Waals surface area contributed by atoms with E-state index in [2.05, 4.69) is 20.4 Å². The molecule has 0 bridgehead atoms. The summed E-state index contributed by atoms with van der Waals surface area (Å²) in [5, 5.41) is 4.77. The summed E-state index contributed by atoms with van der Waals surface area (Å²) in [4.78, 5) is 21.4. The summed E-state index contributed by atoms with van der Waals surface area (Å²) in [5.74, 6) is 0.808. The molecule has 2 aliphatic rings. The number of hydrazine groups is 1. The Morgan fingerprint density at radius 1 is 1.31 bits per heavy atom. The summed E-state index contributed by atoms with van der Waals surface area (Å²) in [6, 6.07) is 5.21. The highest BCUT2D eigenvalue weighted by Gasteiger charge is 2.60. The zero-order chi connectivity index (χ0) is 22.6. The number of nitrogens with one attached hydrogen (secondary N) is 2. The fraction of sp³-hybridized carbons (Fsp3) is 0.350. The molecule has 1 aliphatic carbocycles. The van der Waals surface area contributed by atoms with E-state index in [1.807, 2.05) is 19.9 Å². The quantitative estimate of drug-likeness (QED) is 0.350. The van der Waals surface area contributed by atoms with E-state index in [-0.39, 0.29) is 11.7 Å². The van der Waals surface area contributed by atoms with Gasteiger partial charge in [0.2, 0.25) is 22.7 Å². The number of ether oxygens (including phenoxy) is 1. The third kappa shape index (κ3) is 3.37. The number of hydrogen-bond donors (Lipinski definition) is 3. The molecule has 1 saturated carbocycles. The van der Waals surface area contributed by atoms with Crippen LogP contribution in [0.4, 0.5) is 17.2 Å². The predicted molar refractivity (Wildman–Crippen MR) is 119 cm³/mol. The first kappa shape index (κ1) is 21.0. The summed E-state index contributed by atoms with van der Waals surface area (Å²) in [5.41, 5.74) is 4.32. The summed E-state index contributed by atoms with van der Waals surface area (Å²) in [6.07, 6.45) is 3.00. The molecule has 168 valence electrons. The van der Waals surface area contributed by atoms with Crippen LogP contribution >= 0.6 is 11.6 Å². The lowest BCUT2D eigenvalue weighted by molar-refractivity contribution is -0.119. The Hall–Kier alpha value is -2.89. The third-order valence-electron chi connectivity index (χ3n) is 5.58. The molecule has 10 nitrogen and oxygen atoms in total. The molecular formula is C20H20ClN5O5S. The molecule has 1 fully saturated rings. The van der Waals surface area contributed by atoms with Gasteiger partial charge in [-0.15, -0.1) is 4.83 Å². The molecule has 0 atom stereocenters. The van der Waals surface area contributed by atoms with Crippen molar-refractivity contribution < 1.29 is 22.5 Å². The van der Waals surface area contributed by atoms with Crippen LogP contribution in [0.1, 0.15) is 32.3 Å². The van der Waals surface area contributed by atoms with E-state index in [1.165, 1.54) is 0 Å². The molecule has 32 heavy (non-hydrogen) atoms. The van der Waals surface area contributed by atoms with Crippen LogP contribution in [0.15, 0.2) is 28.9 Å². The van der Waals surface area contributed by atoms with Gasteiger partial charge in [-0.2, -0.15) is 0 Å². The van der Waals surface area contributed by atoms with Crippen molar-refractivity contribution in [3.8, 4) is 5.88 Å². The number of pyridine rings is 1. The maximum absolute atomic E-state index is 13.4. The largest absolute Gasteiger partial charge is 0.476 e. The Morgan fingerprint density at radius 2 is 2.09 bits per heavy atom. The maximum Gasteiger partial charge on any atom is 0.242 e. The van der Waals surface area contributed by atoms with Gasteiger partial charge in [0.25, 0.3) is 0 Å². The van der Waals surface area contributed by atoms with Crippen molar-refractivity contribution >= 4 is 56.6 Å². The van der Waals surface area contributed by atoms with Crippen LogP contribution in [-0.4, -0.2) is 31.1 Å². The van der Waals surface area contributed by atoms with E-state index in [1.54, 1.807) is 23.2 Å². The van der Waals surface area contributed by atoms with Crippen LogP contribution < -0.4 is 19.9 Å². The lowest BCUT2D eigenvalue weighted by atomic mass is 9.96. The zero-order valence-electron chi connectivity index (χ0n) is 17.2. The summed E-state index contributed by atoms with van der Waals surface area (Å²) in [6.45, 7) is 4.54. The average Bonchev–Trinajstić information content (AvgIpc) is 3.40. The van der Waals surface area contributed by atoms with Crippen molar-refractivity contribution in [3.63, 3.8) is 0 Å². The molecule has 2 aromatic heterocycles. The molecule has 1 aliphatic heterocycles. The monoisotopic (exact) mass is 477 g/mol. The molecule has 0 unspecified atom stereocenters. The number of hydrogen-bond acceptors (Lipinski definition) is 8. The van der Waals surface area contributed by atoms with Gasteiger partial charge in [0.1, 0.15) is 5.02 Å². The fourth-order valence-corrected chi connectivity index (χ4v) is 4.34. The normalized spacial score (nSPS) is 16.4. The van der Waals surface area contributed by atoms with Crippen molar-refractivity contribution in [2.75, 3.05) is 16.9 Å². The van der Waals surface area contributed by atoms with Crippen molar-refractivity contribution in [1.29, 1.82) is 0 Å². The minimum atomic E-state index is -2.86. The molecule has 1 amide bonds. The third-order valence-corrected chi connectivity index (χ3v) is 6.14. The topological polar surface area (TPSA) is 127 Å². The second-order valence-corrected chi connectivity index (χ2v) is 9.44. The number of fused-ring (bicyclic) bond motifs is 3. The molecule has 2 N–H and O–H groups in total. The number of aromatic nitrogens is 2. The first-order valence-electron chi connectivity index (χ1n) is 10.0. The van der Waals surface area contributed by atoms with Crippen LogP contribution in [0, 0.1) is 5.92 Å². The number of anilines is 3. The van der Waals surface area contributed by atoms with Gasteiger partial charge in [-0.25, -0.2) is 13.4 Å². The summed E-state index contributed by atoms with van der Waals surface area (Å²) in [7, 11) is -2.86. The summed E-state index contributed by atoms with van der Waals surface area (Å²) >= 11 is 6.39. The molecule has 12 heteroatoms. The standard InChI is InChI=1S/C20H20ClN5O5S/c1-10(2)9-30-18-14(21)5-11(8-22-18)26-15-7-16-12(17(24-31-16)23-25-32(28)29)6-13(15)20(3-4-20)19(26)27/h5-8,10,32H,3-4,9H2,1-2H3,(H,23,24)(H,25,28,29). The zero-order valence-corrected chi connectivity index (χ0v) is 18.9. The van der Waals surface area contributed by atoms with Crippen LogP contribution in [-0.2, 0) is 21.1 Å². The molecular weight excluding hydrogens is 458 g/mol. The second-order valence-electron chi connectivity index (χ2n) is 8.30. The van der Waals surface area contributed by atoms with Gasteiger partial charge in [-0.3, -0.25) is 15.1 Å². The molecule has 1 aromatic carbocycles. The molecule has 5 rings (SSSR count). The van der Waals surface area contributed by atoms with Gasteiger partial charge in [-0.05, 0) is 36.5 Å².